The van der Waals surface area contributed by atoms with E-state index in [0.717, 1.165) is 11.0 Å². The Labute approximate surface area is 161 Å². The number of thioether (sulfide) groups is 1. The second-order valence-electron chi connectivity index (χ2n) is 6.28. The third kappa shape index (κ3) is 3.38. The molecule has 3 aromatic rings. The van der Waals surface area contributed by atoms with Crippen molar-refractivity contribution in [1.29, 1.82) is 0 Å². The van der Waals surface area contributed by atoms with Gasteiger partial charge in [0.1, 0.15) is 5.82 Å². The van der Waals surface area contributed by atoms with Gasteiger partial charge in [-0.15, -0.1) is 10.2 Å². The molecule has 2 aromatic carbocycles. The second-order valence-corrected chi connectivity index (χ2v) is 7.34. The van der Waals surface area contributed by atoms with Gasteiger partial charge >= 0.3 is 0 Å². The van der Waals surface area contributed by atoms with E-state index in [2.05, 4.69) is 22.3 Å². The van der Waals surface area contributed by atoms with E-state index in [1.54, 1.807) is 24.3 Å². The van der Waals surface area contributed by atoms with Gasteiger partial charge in [-0.2, -0.15) is 0 Å². The predicted molar refractivity (Wildman–Crippen MR) is 103 cm³/mol. The standard InChI is InChI=1S/C20H18N4O2S/c1-23-17(13-14-7-3-2-4-8-14)21-22-20(23)27-12-11-24-18(25)15-9-5-6-10-16(15)19(24)26/h2-10H,11-13H2,1H3. The molecule has 2 amide bonds. The SMILES string of the molecule is Cn1c(Cc2ccccc2)nnc1SCCN1C(=O)c2ccccc2C1=O. The fourth-order valence-electron chi connectivity index (χ4n) is 3.07. The van der Waals surface area contributed by atoms with E-state index in [1.165, 1.54) is 22.2 Å². The minimum atomic E-state index is -0.223. The van der Waals surface area contributed by atoms with Crippen molar-refractivity contribution in [3.8, 4) is 0 Å². The Kier molecular flexibility index (Phi) is 4.77. The van der Waals surface area contributed by atoms with E-state index in [0.29, 0.717) is 29.8 Å². The summed E-state index contributed by atoms with van der Waals surface area (Å²) in [4.78, 5) is 26.1. The first-order valence-corrected chi connectivity index (χ1v) is 9.64. The number of hydrogen-bond acceptors (Lipinski definition) is 5. The Morgan fingerprint density at radius 1 is 0.889 bits per heavy atom. The minimum Gasteiger partial charge on any atom is -0.309 e. The summed E-state index contributed by atoms with van der Waals surface area (Å²) in [5.41, 5.74) is 2.14. The smallest absolute Gasteiger partial charge is 0.261 e. The lowest BCUT2D eigenvalue weighted by atomic mass is 10.1. The maximum absolute atomic E-state index is 12.4. The summed E-state index contributed by atoms with van der Waals surface area (Å²) in [6, 6.07) is 17.1. The molecule has 0 atom stereocenters. The van der Waals surface area contributed by atoms with Crippen LogP contribution in [0.1, 0.15) is 32.1 Å². The van der Waals surface area contributed by atoms with Gasteiger partial charge in [0.05, 0.1) is 11.1 Å². The quantitative estimate of drug-likeness (QED) is 0.487. The van der Waals surface area contributed by atoms with Gasteiger partial charge in [0.15, 0.2) is 5.16 Å². The lowest BCUT2D eigenvalue weighted by Crippen LogP contribution is -2.31. The van der Waals surface area contributed by atoms with Gasteiger partial charge in [-0.05, 0) is 17.7 Å². The number of amides is 2. The monoisotopic (exact) mass is 378 g/mol. The third-order valence-corrected chi connectivity index (χ3v) is 5.55. The van der Waals surface area contributed by atoms with Gasteiger partial charge in [-0.25, -0.2) is 0 Å². The number of nitrogens with zero attached hydrogens (tertiary/aromatic N) is 4. The van der Waals surface area contributed by atoms with Crippen LogP contribution in [-0.2, 0) is 13.5 Å². The molecule has 1 aliphatic rings. The van der Waals surface area contributed by atoms with Gasteiger partial charge < -0.3 is 4.57 Å². The summed E-state index contributed by atoms with van der Waals surface area (Å²) < 4.78 is 1.96. The summed E-state index contributed by atoms with van der Waals surface area (Å²) in [5, 5.41) is 9.29. The number of rotatable bonds is 6. The average Bonchev–Trinajstić information content (AvgIpc) is 3.16. The van der Waals surface area contributed by atoms with Crippen molar-refractivity contribution in [1.82, 2.24) is 19.7 Å². The van der Waals surface area contributed by atoms with Gasteiger partial charge in [-0.1, -0.05) is 54.2 Å². The van der Waals surface area contributed by atoms with Crippen LogP contribution in [0.2, 0.25) is 0 Å². The summed E-state index contributed by atoms with van der Waals surface area (Å²) in [6.45, 7) is 0.345. The molecule has 0 saturated heterocycles. The third-order valence-electron chi connectivity index (χ3n) is 4.55. The Balaban J connectivity index is 1.38. The summed E-state index contributed by atoms with van der Waals surface area (Å²) in [7, 11) is 1.93. The van der Waals surface area contributed by atoms with Crippen molar-refractivity contribution in [2.45, 2.75) is 11.6 Å². The molecule has 136 valence electrons. The Hall–Kier alpha value is -2.93. The first kappa shape index (κ1) is 17.5. The first-order chi connectivity index (χ1) is 13.1. The maximum atomic E-state index is 12.4. The highest BCUT2D eigenvalue weighted by Crippen LogP contribution is 2.24. The lowest BCUT2D eigenvalue weighted by molar-refractivity contribution is 0.0664. The highest BCUT2D eigenvalue weighted by Gasteiger charge is 2.34. The number of fused-ring (bicyclic) bond motifs is 1. The van der Waals surface area contributed by atoms with Crippen LogP contribution in [0.5, 0.6) is 0 Å². The molecule has 0 N–H and O–H groups in total. The van der Waals surface area contributed by atoms with Crippen LogP contribution in [0.15, 0.2) is 59.8 Å². The van der Waals surface area contributed by atoms with Crippen LogP contribution in [0.4, 0.5) is 0 Å². The molecule has 0 bridgehead atoms. The van der Waals surface area contributed by atoms with Crippen molar-refractivity contribution in [3.05, 3.63) is 77.1 Å². The molecule has 0 spiro atoms. The maximum Gasteiger partial charge on any atom is 0.261 e. The Bertz CT molecular complexity index is 965. The molecule has 6 nitrogen and oxygen atoms in total. The van der Waals surface area contributed by atoms with Crippen LogP contribution in [0.3, 0.4) is 0 Å². The first-order valence-electron chi connectivity index (χ1n) is 8.65. The van der Waals surface area contributed by atoms with Crippen molar-refractivity contribution < 1.29 is 9.59 Å². The zero-order valence-electron chi connectivity index (χ0n) is 14.8. The molecule has 7 heteroatoms. The molecule has 0 radical (unpaired) electrons. The van der Waals surface area contributed by atoms with E-state index in [-0.39, 0.29) is 11.8 Å². The second kappa shape index (κ2) is 7.36. The van der Waals surface area contributed by atoms with Gasteiger partial charge in [0, 0.05) is 25.8 Å². The lowest BCUT2D eigenvalue weighted by Gasteiger charge is -2.13. The number of carbonyl (C=O) groups is 2. The minimum absolute atomic E-state index is 0.223. The van der Waals surface area contributed by atoms with Crippen LogP contribution in [0.25, 0.3) is 0 Å². The number of imide groups is 1. The molecule has 0 fully saturated rings. The Morgan fingerprint density at radius 3 is 2.19 bits per heavy atom. The largest absolute Gasteiger partial charge is 0.309 e. The molecule has 0 unspecified atom stereocenters. The van der Waals surface area contributed by atoms with E-state index in [4.69, 9.17) is 0 Å². The highest BCUT2D eigenvalue weighted by atomic mass is 32.2. The van der Waals surface area contributed by atoms with Crippen LogP contribution in [0, 0.1) is 0 Å². The zero-order chi connectivity index (χ0) is 18.8. The molecule has 1 aromatic heterocycles. The molecular formula is C20H18N4O2S. The van der Waals surface area contributed by atoms with Crippen LogP contribution >= 0.6 is 11.8 Å². The van der Waals surface area contributed by atoms with Crippen molar-refractivity contribution in [3.63, 3.8) is 0 Å². The average molecular weight is 378 g/mol. The van der Waals surface area contributed by atoms with Gasteiger partial charge in [0.25, 0.3) is 11.8 Å². The molecule has 0 aliphatic carbocycles. The fourth-order valence-corrected chi connectivity index (χ4v) is 3.93. The summed E-state index contributed by atoms with van der Waals surface area (Å²) in [6.07, 6.45) is 0.712. The molecule has 27 heavy (non-hydrogen) atoms. The Morgan fingerprint density at radius 2 is 1.52 bits per heavy atom. The number of carbonyl (C=O) groups excluding carboxylic acids is 2. The van der Waals surface area contributed by atoms with Crippen LogP contribution < -0.4 is 0 Å². The predicted octanol–water partition coefficient (Wildman–Crippen LogP) is 2.79. The highest BCUT2D eigenvalue weighted by molar-refractivity contribution is 7.99. The number of aromatic nitrogens is 3. The molecule has 1 aliphatic heterocycles. The van der Waals surface area contributed by atoms with Crippen molar-refractivity contribution in [2.24, 2.45) is 7.05 Å². The van der Waals surface area contributed by atoms with Crippen LogP contribution in [-0.4, -0.2) is 43.8 Å². The zero-order valence-corrected chi connectivity index (χ0v) is 15.6. The fraction of sp³-hybridized carbons (Fsp3) is 0.200. The van der Waals surface area contributed by atoms with E-state index in [1.807, 2.05) is 29.8 Å². The number of hydrogen-bond donors (Lipinski definition) is 0. The topological polar surface area (TPSA) is 68.1 Å². The van der Waals surface area contributed by atoms with E-state index in [9.17, 15) is 9.59 Å². The summed E-state index contributed by atoms with van der Waals surface area (Å²) >= 11 is 1.49. The van der Waals surface area contributed by atoms with Gasteiger partial charge in [-0.3, -0.25) is 14.5 Å². The van der Waals surface area contributed by atoms with Crippen molar-refractivity contribution >= 4 is 23.6 Å². The van der Waals surface area contributed by atoms with Gasteiger partial charge in [0.2, 0.25) is 0 Å². The van der Waals surface area contributed by atoms with Crippen molar-refractivity contribution in [2.75, 3.05) is 12.3 Å². The molecule has 2 heterocycles. The molecule has 4 rings (SSSR count). The number of benzene rings is 2. The summed E-state index contributed by atoms with van der Waals surface area (Å²) in [5.74, 6) is 1.00. The molecular weight excluding hydrogens is 360 g/mol. The van der Waals surface area contributed by atoms with E-state index < -0.39 is 0 Å². The normalized spacial score (nSPS) is 13.3. The van der Waals surface area contributed by atoms with E-state index >= 15 is 0 Å². The molecule has 0 saturated carbocycles.